The molecule has 4 nitrogen and oxygen atoms in total. The first-order chi connectivity index (χ1) is 8.70. The normalized spacial score (nSPS) is 12.7. The average Bonchev–Trinajstić information content (AvgIpc) is 2.92. The maximum atomic E-state index is 5.40. The lowest BCUT2D eigenvalue weighted by atomic mass is 10.2. The van der Waals surface area contributed by atoms with Gasteiger partial charge in [0.25, 0.3) is 0 Å². The van der Waals surface area contributed by atoms with Gasteiger partial charge in [-0.3, -0.25) is 15.7 Å². The van der Waals surface area contributed by atoms with Crippen molar-refractivity contribution in [2.75, 3.05) is 12.5 Å². The lowest BCUT2D eigenvalue weighted by molar-refractivity contribution is 0.253. The van der Waals surface area contributed by atoms with Gasteiger partial charge in [-0.1, -0.05) is 6.07 Å². The Hall–Kier alpha value is -1.43. The van der Waals surface area contributed by atoms with E-state index in [1.165, 1.54) is 4.88 Å². The molecule has 2 heterocycles. The average molecular weight is 262 g/mol. The minimum Gasteiger partial charge on any atom is -0.324 e. The van der Waals surface area contributed by atoms with Gasteiger partial charge in [0.1, 0.15) is 0 Å². The summed E-state index contributed by atoms with van der Waals surface area (Å²) >= 11 is 1.78. The molecule has 0 bridgehead atoms. The molecule has 1 atom stereocenters. The maximum Gasteiger partial charge on any atom is 0.0565 e. The van der Waals surface area contributed by atoms with Crippen LogP contribution in [0.2, 0.25) is 0 Å². The number of hydrogen-bond donors (Lipinski definition) is 2. The van der Waals surface area contributed by atoms with Crippen LogP contribution in [-0.2, 0) is 6.54 Å². The minimum atomic E-state index is 0.390. The van der Waals surface area contributed by atoms with E-state index in [2.05, 4.69) is 46.8 Å². The summed E-state index contributed by atoms with van der Waals surface area (Å²) in [6, 6.07) is 8.46. The summed E-state index contributed by atoms with van der Waals surface area (Å²) in [7, 11) is 2.11. The monoisotopic (exact) mass is 262 g/mol. The van der Waals surface area contributed by atoms with E-state index in [0.717, 1.165) is 17.9 Å². The summed E-state index contributed by atoms with van der Waals surface area (Å²) in [5.74, 6) is 5.40. The number of hydrogen-bond acceptors (Lipinski definition) is 5. The molecule has 0 aliphatic heterocycles. The molecular formula is C13H18N4S. The maximum absolute atomic E-state index is 5.40. The molecule has 0 aliphatic carbocycles. The molecule has 0 fully saturated rings. The Balaban J connectivity index is 2.04. The SMILES string of the molecule is CC(c1cccs1)N(C)Cc1cc(NN)ccn1. The predicted molar refractivity (Wildman–Crippen MR) is 76.2 cm³/mol. The van der Waals surface area contributed by atoms with Crippen molar-refractivity contribution in [3.05, 3.63) is 46.4 Å². The molecule has 0 spiro atoms. The van der Waals surface area contributed by atoms with Gasteiger partial charge >= 0.3 is 0 Å². The Morgan fingerprint density at radius 1 is 1.50 bits per heavy atom. The zero-order valence-corrected chi connectivity index (χ0v) is 11.4. The summed E-state index contributed by atoms with van der Waals surface area (Å²) in [5.41, 5.74) is 4.54. The molecule has 96 valence electrons. The van der Waals surface area contributed by atoms with Crippen LogP contribution < -0.4 is 11.3 Å². The fourth-order valence-electron chi connectivity index (χ4n) is 1.79. The number of thiophene rings is 1. The van der Waals surface area contributed by atoms with Crippen LogP contribution in [0.1, 0.15) is 23.5 Å². The quantitative estimate of drug-likeness (QED) is 0.642. The number of rotatable bonds is 5. The third-order valence-electron chi connectivity index (χ3n) is 3.01. The van der Waals surface area contributed by atoms with Crippen LogP contribution in [0, 0.1) is 0 Å². The van der Waals surface area contributed by atoms with E-state index in [1.54, 1.807) is 17.5 Å². The van der Waals surface area contributed by atoms with E-state index >= 15 is 0 Å². The van der Waals surface area contributed by atoms with Crippen molar-refractivity contribution in [3.63, 3.8) is 0 Å². The second-order valence-corrected chi connectivity index (χ2v) is 5.27. The number of pyridine rings is 1. The molecule has 0 saturated carbocycles. The fraction of sp³-hybridized carbons (Fsp3) is 0.308. The van der Waals surface area contributed by atoms with Crippen molar-refractivity contribution in [2.24, 2.45) is 5.84 Å². The van der Waals surface area contributed by atoms with Crippen molar-refractivity contribution in [1.82, 2.24) is 9.88 Å². The van der Waals surface area contributed by atoms with Crippen LogP contribution in [0.25, 0.3) is 0 Å². The highest BCUT2D eigenvalue weighted by Gasteiger charge is 2.13. The summed E-state index contributed by atoms with van der Waals surface area (Å²) in [5, 5.41) is 2.11. The summed E-state index contributed by atoms with van der Waals surface area (Å²) < 4.78 is 0. The number of nitrogen functional groups attached to an aromatic ring is 1. The zero-order valence-electron chi connectivity index (χ0n) is 10.6. The van der Waals surface area contributed by atoms with E-state index in [-0.39, 0.29) is 0 Å². The number of hydrazine groups is 1. The van der Waals surface area contributed by atoms with Crippen molar-refractivity contribution < 1.29 is 0 Å². The van der Waals surface area contributed by atoms with E-state index in [1.807, 2.05) is 12.1 Å². The molecule has 18 heavy (non-hydrogen) atoms. The highest BCUT2D eigenvalue weighted by Crippen LogP contribution is 2.24. The third kappa shape index (κ3) is 3.07. The van der Waals surface area contributed by atoms with Gasteiger partial charge in [0, 0.05) is 23.7 Å². The topological polar surface area (TPSA) is 54.2 Å². The molecule has 0 amide bonds. The molecule has 2 rings (SSSR count). The number of nitrogens with one attached hydrogen (secondary N) is 1. The Bertz CT molecular complexity index is 483. The first kappa shape index (κ1) is 13.0. The molecule has 2 aromatic heterocycles. The van der Waals surface area contributed by atoms with Crippen molar-refractivity contribution >= 4 is 17.0 Å². The third-order valence-corrected chi connectivity index (χ3v) is 4.05. The van der Waals surface area contributed by atoms with Crippen LogP contribution in [0.15, 0.2) is 35.8 Å². The van der Waals surface area contributed by atoms with Gasteiger partial charge in [-0.05, 0) is 37.6 Å². The second kappa shape index (κ2) is 5.95. The molecule has 5 heteroatoms. The lowest BCUT2D eigenvalue weighted by Crippen LogP contribution is -2.22. The molecule has 0 saturated heterocycles. The fourth-order valence-corrected chi connectivity index (χ4v) is 2.64. The smallest absolute Gasteiger partial charge is 0.0565 e. The summed E-state index contributed by atoms with van der Waals surface area (Å²) in [4.78, 5) is 8.00. The van der Waals surface area contributed by atoms with Crippen LogP contribution >= 0.6 is 11.3 Å². The van der Waals surface area contributed by atoms with Crippen molar-refractivity contribution in [1.29, 1.82) is 0 Å². The first-order valence-corrected chi connectivity index (χ1v) is 6.74. The largest absolute Gasteiger partial charge is 0.324 e. The zero-order chi connectivity index (χ0) is 13.0. The van der Waals surface area contributed by atoms with Crippen LogP contribution in [0.4, 0.5) is 5.69 Å². The molecule has 0 aromatic carbocycles. The molecule has 2 aromatic rings. The highest BCUT2D eigenvalue weighted by molar-refractivity contribution is 7.10. The number of nitrogens with zero attached hydrogens (tertiary/aromatic N) is 2. The van der Waals surface area contributed by atoms with E-state index in [0.29, 0.717) is 6.04 Å². The van der Waals surface area contributed by atoms with Crippen LogP contribution in [-0.4, -0.2) is 16.9 Å². The number of nitrogens with two attached hydrogens (primary N) is 1. The van der Waals surface area contributed by atoms with E-state index in [9.17, 15) is 0 Å². The second-order valence-electron chi connectivity index (χ2n) is 4.29. The Kier molecular flexibility index (Phi) is 4.30. The van der Waals surface area contributed by atoms with Gasteiger partial charge in [-0.15, -0.1) is 11.3 Å². The van der Waals surface area contributed by atoms with Gasteiger partial charge in [-0.2, -0.15) is 0 Å². The number of anilines is 1. The molecule has 1 unspecified atom stereocenters. The first-order valence-electron chi connectivity index (χ1n) is 5.86. The van der Waals surface area contributed by atoms with Gasteiger partial charge < -0.3 is 5.43 Å². The van der Waals surface area contributed by atoms with E-state index < -0.39 is 0 Å². The van der Waals surface area contributed by atoms with Crippen molar-refractivity contribution in [2.45, 2.75) is 19.5 Å². The molecule has 0 radical (unpaired) electrons. The number of aromatic nitrogens is 1. The standard InChI is InChI=1S/C13H18N4S/c1-10(13-4-3-7-18-13)17(2)9-12-8-11(16-14)5-6-15-12/h3-8,10H,9,14H2,1-2H3,(H,15,16). The minimum absolute atomic E-state index is 0.390. The van der Waals surface area contributed by atoms with Crippen molar-refractivity contribution in [3.8, 4) is 0 Å². The van der Waals surface area contributed by atoms with Gasteiger partial charge in [0.15, 0.2) is 0 Å². The predicted octanol–water partition coefficient (Wildman–Crippen LogP) is 2.62. The Morgan fingerprint density at radius 3 is 3.00 bits per heavy atom. The molecule has 3 N–H and O–H groups in total. The molecule has 0 aliphatic rings. The summed E-state index contributed by atoms with van der Waals surface area (Å²) in [6.07, 6.45) is 1.77. The van der Waals surface area contributed by atoms with Gasteiger partial charge in [-0.25, -0.2) is 0 Å². The highest BCUT2D eigenvalue weighted by atomic mass is 32.1. The van der Waals surface area contributed by atoms with Gasteiger partial charge in [0.05, 0.1) is 11.4 Å². The summed E-state index contributed by atoms with van der Waals surface area (Å²) in [6.45, 7) is 3.01. The van der Waals surface area contributed by atoms with Crippen LogP contribution in [0.5, 0.6) is 0 Å². The Morgan fingerprint density at radius 2 is 2.33 bits per heavy atom. The Labute approximate surface area is 111 Å². The lowest BCUT2D eigenvalue weighted by Gasteiger charge is -2.23. The van der Waals surface area contributed by atoms with Crippen LogP contribution in [0.3, 0.4) is 0 Å². The molecular weight excluding hydrogens is 244 g/mol. The van der Waals surface area contributed by atoms with E-state index in [4.69, 9.17) is 5.84 Å². The van der Waals surface area contributed by atoms with Gasteiger partial charge in [0.2, 0.25) is 0 Å².